The number of cyclic esters (lactones) is 1. The molecule has 1 heterocycles. The van der Waals surface area contributed by atoms with Crippen LogP contribution < -0.4 is 10.1 Å². The second-order valence-electron chi connectivity index (χ2n) is 3.56. The number of carboxylic acids is 1. The smallest absolute Gasteiger partial charge is 0.408 e. The molecular weight excluding hydrogens is 226 g/mol. The topological polar surface area (TPSA) is 84.9 Å². The summed E-state index contributed by atoms with van der Waals surface area (Å²) in [5, 5.41) is 11.2. The summed E-state index contributed by atoms with van der Waals surface area (Å²) in [4.78, 5) is 22.0. The third kappa shape index (κ3) is 2.15. The average molecular weight is 237 g/mol. The number of rotatable bonds is 3. The summed E-state index contributed by atoms with van der Waals surface area (Å²) in [7, 11) is 1.53. The molecule has 0 spiro atoms. The summed E-state index contributed by atoms with van der Waals surface area (Å²) in [5.74, 6) is -0.477. The highest BCUT2D eigenvalue weighted by molar-refractivity contribution is 5.84. The van der Waals surface area contributed by atoms with Gasteiger partial charge in [0.25, 0.3) is 0 Å². The Morgan fingerprint density at radius 2 is 2.06 bits per heavy atom. The number of nitrogens with one attached hydrogen (secondary N) is 1. The van der Waals surface area contributed by atoms with E-state index < -0.39 is 24.2 Å². The zero-order valence-electron chi connectivity index (χ0n) is 9.04. The van der Waals surface area contributed by atoms with Crippen LogP contribution in [0.5, 0.6) is 5.75 Å². The Morgan fingerprint density at radius 1 is 1.41 bits per heavy atom. The highest BCUT2D eigenvalue weighted by Gasteiger charge is 2.40. The summed E-state index contributed by atoms with van der Waals surface area (Å²) in [6, 6.07) is 5.64. The van der Waals surface area contributed by atoms with Gasteiger partial charge in [-0.3, -0.25) is 0 Å². The van der Waals surface area contributed by atoms with Crippen LogP contribution in [0.2, 0.25) is 0 Å². The lowest BCUT2D eigenvalue weighted by molar-refractivity contribution is -0.140. The predicted molar refractivity (Wildman–Crippen MR) is 56.8 cm³/mol. The van der Waals surface area contributed by atoms with Crippen molar-refractivity contribution in [3.05, 3.63) is 29.8 Å². The van der Waals surface area contributed by atoms with Crippen molar-refractivity contribution in [2.75, 3.05) is 7.11 Å². The molecule has 1 amide bonds. The molecule has 2 rings (SSSR count). The Hall–Kier alpha value is -2.24. The van der Waals surface area contributed by atoms with E-state index in [-0.39, 0.29) is 0 Å². The van der Waals surface area contributed by atoms with Gasteiger partial charge >= 0.3 is 12.1 Å². The van der Waals surface area contributed by atoms with Crippen LogP contribution >= 0.6 is 0 Å². The molecule has 1 saturated heterocycles. The van der Waals surface area contributed by atoms with Gasteiger partial charge in [-0.1, -0.05) is 12.1 Å². The average Bonchev–Trinajstić information content (AvgIpc) is 2.72. The Balaban J connectivity index is 2.25. The first-order valence-corrected chi connectivity index (χ1v) is 4.95. The normalized spacial score (nSPS) is 22.8. The fourth-order valence-electron chi connectivity index (χ4n) is 1.67. The quantitative estimate of drug-likeness (QED) is 0.816. The number of methoxy groups -OCH3 is 1. The maximum atomic E-state index is 11.0. The van der Waals surface area contributed by atoms with E-state index in [0.717, 1.165) is 0 Å². The molecule has 2 unspecified atom stereocenters. The molecule has 0 aliphatic carbocycles. The summed E-state index contributed by atoms with van der Waals surface area (Å²) >= 11 is 0. The largest absolute Gasteiger partial charge is 0.497 e. The SMILES string of the molecule is COc1ccc(C2OC(=O)NC2C(=O)O)cc1. The predicted octanol–water partition coefficient (Wildman–Crippen LogP) is 0.929. The molecule has 1 fully saturated rings. The van der Waals surface area contributed by atoms with Crippen molar-refractivity contribution in [1.82, 2.24) is 5.32 Å². The molecule has 6 nitrogen and oxygen atoms in total. The number of hydrogen-bond donors (Lipinski definition) is 2. The third-order valence-electron chi connectivity index (χ3n) is 2.52. The minimum Gasteiger partial charge on any atom is -0.497 e. The van der Waals surface area contributed by atoms with Crippen molar-refractivity contribution in [3.63, 3.8) is 0 Å². The number of alkyl carbamates (subject to hydrolysis) is 1. The molecule has 6 heteroatoms. The molecule has 0 bridgehead atoms. The molecule has 0 saturated carbocycles. The third-order valence-corrected chi connectivity index (χ3v) is 2.52. The number of benzene rings is 1. The molecule has 17 heavy (non-hydrogen) atoms. The van der Waals surface area contributed by atoms with Crippen LogP contribution in [0.4, 0.5) is 4.79 Å². The number of carbonyl (C=O) groups is 2. The number of hydrogen-bond acceptors (Lipinski definition) is 4. The van der Waals surface area contributed by atoms with E-state index in [1.165, 1.54) is 7.11 Å². The monoisotopic (exact) mass is 237 g/mol. The molecule has 2 N–H and O–H groups in total. The van der Waals surface area contributed by atoms with Gasteiger partial charge in [0.15, 0.2) is 12.1 Å². The van der Waals surface area contributed by atoms with E-state index in [1.54, 1.807) is 24.3 Å². The maximum Gasteiger partial charge on any atom is 0.408 e. The second kappa shape index (κ2) is 4.32. The molecular formula is C11H11NO5. The first-order valence-electron chi connectivity index (χ1n) is 4.95. The Bertz CT molecular complexity index is 442. The van der Waals surface area contributed by atoms with Gasteiger partial charge in [-0.2, -0.15) is 0 Å². The molecule has 0 radical (unpaired) electrons. The van der Waals surface area contributed by atoms with Gasteiger partial charge in [0, 0.05) is 0 Å². The zero-order chi connectivity index (χ0) is 12.4. The van der Waals surface area contributed by atoms with Crippen LogP contribution in [0.15, 0.2) is 24.3 Å². The lowest BCUT2D eigenvalue weighted by Crippen LogP contribution is -2.35. The minimum atomic E-state index is -1.13. The van der Waals surface area contributed by atoms with Crippen LogP contribution in [-0.4, -0.2) is 30.3 Å². The van der Waals surface area contributed by atoms with Crippen molar-refractivity contribution in [2.24, 2.45) is 0 Å². The Labute approximate surface area is 97.1 Å². The Morgan fingerprint density at radius 3 is 2.59 bits per heavy atom. The molecule has 1 aliphatic heterocycles. The highest BCUT2D eigenvalue weighted by atomic mass is 16.6. The second-order valence-corrected chi connectivity index (χ2v) is 3.56. The number of aliphatic carboxylic acids is 1. The molecule has 1 aromatic carbocycles. The zero-order valence-corrected chi connectivity index (χ0v) is 9.04. The summed E-state index contributed by atoms with van der Waals surface area (Å²) in [6.07, 6.45) is -1.54. The van der Waals surface area contributed by atoms with Gasteiger partial charge in [-0.25, -0.2) is 9.59 Å². The first kappa shape index (κ1) is 11.3. The van der Waals surface area contributed by atoms with Crippen molar-refractivity contribution in [1.29, 1.82) is 0 Å². The Kier molecular flexibility index (Phi) is 2.86. The number of amides is 1. The van der Waals surface area contributed by atoms with Crippen LogP contribution in [-0.2, 0) is 9.53 Å². The number of carboxylic acid groups (broad SMARTS) is 1. The van der Waals surface area contributed by atoms with Gasteiger partial charge in [0.2, 0.25) is 0 Å². The fraction of sp³-hybridized carbons (Fsp3) is 0.273. The molecule has 1 aromatic rings. The molecule has 0 aromatic heterocycles. The number of ether oxygens (including phenoxy) is 2. The minimum absolute atomic E-state index is 0.608. The van der Waals surface area contributed by atoms with Gasteiger partial charge in [-0.15, -0.1) is 0 Å². The summed E-state index contributed by atoms with van der Waals surface area (Å²) in [6.45, 7) is 0. The summed E-state index contributed by atoms with van der Waals surface area (Å²) in [5.41, 5.74) is 0.608. The molecule has 90 valence electrons. The van der Waals surface area contributed by atoms with E-state index >= 15 is 0 Å². The fourth-order valence-corrected chi connectivity index (χ4v) is 1.67. The summed E-state index contributed by atoms with van der Waals surface area (Å²) < 4.78 is 9.91. The van der Waals surface area contributed by atoms with Gasteiger partial charge in [0.1, 0.15) is 5.75 Å². The van der Waals surface area contributed by atoms with E-state index in [9.17, 15) is 9.59 Å². The van der Waals surface area contributed by atoms with Crippen LogP contribution in [0.25, 0.3) is 0 Å². The van der Waals surface area contributed by atoms with E-state index in [0.29, 0.717) is 11.3 Å². The first-order chi connectivity index (χ1) is 8.11. The maximum absolute atomic E-state index is 11.0. The molecule has 1 aliphatic rings. The van der Waals surface area contributed by atoms with E-state index in [2.05, 4.69) is 5.32 Å². The lowest BCUT2D eigenvalue weighted by atomic mass is 10.0. The van der Waals surface area contributed by atoms with Crippen molar-refractivity contribution in [3.8, 4) is 5.75 Å². The lowest BCUT2D eigenvalue weighted by Gasteiger charge is -2.13. The van der Waals surface area contributed by atoms with Gasteiger partial charge in [-0.05, 0) is 17.7 Å². The highest BCUT2D eigenvalue weighted by Crippen LogP contribution is 2.27. The van der Waals surface area contributed by atoms with Crippen molar-refractivity contribution >= 4 is 12.1 Å². The van der Waals surface area contributed by atoms with E-state index in [4.69, 9.17) is 14.6 Å². The van der Waals surface area contributed by atoms with Crippen LogP contribution in [0.1, 0.15) is 11.7 Å². The van der Waals surface area contributed by atoms with Crippen LogP contribution in [0, 0.1) is 0 Å². The molecule has 2 atom stereocenters. The van der Waals surface area contributed by atoms with Crippen molar-refractivity contribution < 1.29 is 24.2 Å². The van der Waals surface area contributed by atoms with Crippen LogP contribution in [0.3, 0.4) is 0 Å². The van der Waals surface area contributed by atoms with Gasteiger partial charge < -0.3 is 19.9 Å². The standard InChI is InChI=1S/C11H11NO5/c1-16-7-4-2-6(3-5-7)9-8(10(13)14)12-11(15)17-9/h2-5,8-9H,1H3,(H,12,15)(H,13,14). The number of carbonyl (C=O) groups excluding carboxylic acids is 1. The van der Waals surface area contributed by atoms with Crippen molar-refractivity contribution in [2.45, 2.75) is 12.1 Å². The van der Waals surface area contributed by atoms with Gasteiger partial charge in [0.05, 0.1) is 7.11 Å². The van der Waals surface area contributed by atoms with E-state index in [1.807, 2.05) is 0 Å².